The third-order valence-electron chi connectivity index (χ3n) is 2.83. The molecule has 0 atom stereocenters. The highest BCUT2D eigenvalue weighted by molar-refractivity contribution is 5.77. The van der Waals surface area contributed by atoms with Gasteiger partial charge in [0.05, 0.1) is 7.11 Å². The van der Waals surface area contributed by atoms with E-state index in [4.69, 9.17) is 0 Å². The minimum Gasteiger partial charge on any atom is -0.468 e. The van der Waals surface area contributed by atoms with Gasteiger partial charge in [0, 0.05) is 0 Å². The number of halogens is 3. The van der Waals surface area contributed by atoms with Crippen molar-refractivity contribution < 1.29 is 22.7 Å². The van der Waals surface area contributed by atoms with Crippen LogP contribution in [0.4, 0.5) is 13.2 Å². The minimum absolute atomic E-state index is 0.136. The Labute approximate surface area is 107 Å². The van der Waals surface area contributed by atoms with Crippen LogP contribution < -0.4 is 0 Å². The first-order chi connectivity index (χ1) is 8.17. The highest BCUT2D eigenvalue weighted by Crippen LogP contribution is 2.49. The quantitative estimate of drug-likeness (QED) is 0.661. The smallest absolute Gasteiger partial charge is 0.404 e. The van der Waals surface area contributed by atoms with Crippen molar-refractivity contribution in [3.8, 4) is 0 Å². The predicted octanol–water partition coefficient (Wildman–Crippen LogP) is 4.33. The van der Waals surface area contributed by atoms with Gasteiger partial charge in [-0.15, -0.1) is 0 Å². The molecule has 0 heterocycles. The Morgan fingerprint density at radius 3 is 1.78 bits per heavy atom. The van der Waals surface area contributed by atoms with Gasteiger partial charge in [0.15, 0.2) is 5.41 Å². The third-order valence-corrected chi connectivity index (χ3v) is 2.83. The van der Waals surface area contributed by atoms with Crippen molar-refractivity contribution >= 4 is 5.97 Å². The highest BCUT2D eigenvalue weighted by Gasteiger charge is 2.60. The summed E-state index contributed by atoms with van der Waals surface area (Å²) >= 11 is 0. The van der Waals surface area contributed by atoms with Gasteiger partial charge in [-0.3, -0.25) is 4.79 Å². The maximum absolute atomic E-state index is 12.7. The summed E-state index contributed by atoms with van der Waals surface area (Å²) in [5.41, 5.74) is -2.24. The first-order valence-corrected chi connectivity index (χ1v) is 6.32. The van der Waals surface area contributed by atoms with Crippen molar-refractivity contribution in [3.63, 3.8) is 0 Å². The number of hydrogen-bond donors (Lipinski definition) is 0. The fourth-order valence-electron chi connectivity index (χ4n) is 1.95. The number of methoxy groups -OCH3 is 1. The molecular weight excluding hydrogens is 245 g/mol. The Bertz CT molecular complexity index is 251. The van der Waals surface area contributed by atoms with Crippen LogP contribution in [0.1, 0.15) is 52.9 Å². The number of rotatable bonds is 1. The number of esters is 1. The van der Waals surface area contributed by atoms with Crippen molar-refractivity contribution in [2.75, 3.05) is 7.11 Å². The van der Waals surface area contributed by atoms with E-state index in [0.29, 0.717) is 12.8 Å². The highest BCUT2D eigenvalue weighted by atomic mass is 19.4. The van der Waals surface area contributed by atoms with Crippen LogP contribution in [-0.2, 0) is 9.53 Å². The largest absolute Gasteiger partial charge is 0.468 e. The van der Waals surface area contributed by atoms with Crippen LogP contribution in [-0.4, -0.2) is 19.3 Å². The zero-order valence-corrected chi connectivity index (χ0v) is 11.6. The molecule has 1 fully saturated rings. The van der Waals surface area contributed by atoms with E-state index in [9.17, 15) is 18.0 Å². The van der Waals surface area contributed by atoms with Crippen LogP contribution in [0.3, 0.4) is 0 Å². The van der Waals surface area contributed by atoms with E-state index >= 15 is 0 Å². The van der Waals surface area contributed by atoms with Crippen LogP contribution in [0.2, 0.25) is 0 Å². The number of alkyl halides is 3. The monoisotopic (exact) mass is 268 g/mol. The van der Waals surface area contributed by atoms with E-state index < -0.39 is 17.6 Å². The second-order valence-corrected chi connectivity index (χ2v) is 5.36. The van der Waals surface area contributed by atoms with E-state index in [2.05, 4.69) is 25.5 Å². The Balaban J connectivity index is 0.000000631. The normalized spacial score (nSPS) is 18.9. The zero-order valence-electron chi connectivity index (χ0n) is 11.6. The lowest BCUT2D eigenvalue weighted by Gasteiger charge is -2.35. The molecule has 2 nitrogen and oxygen atoms in total. The second-order valence-electron chi connectivity index (χ2n) is 5.36. The molecule has 1 aliphatic rings. The van der Waals surface area contributed by atoms with Gasteiger partial charge in [0.1, 0.15) is 0 Å². The molecule has 0 amide bonds. The molecule has 5 heteroatoms. The van der Waals surface area contributed by atoms with Crippen LogP contribution in [0.25, 0.3) is 0 Å². The van der Waals surface area contributed by atoms with Crippen molar-refractivity contribution in [1.82, 2.24) is 0 Å². The molecule has 0 aromatic heterocycles. The molecular formula is C13H23F3O2. The van der Waals surface area contributed by atoms with Gasteiger partial charge in [0.25, 0.3) is 0 Å². The number of carbonyl (C=O) groups is 1. The van der Waals surface area contributed by atoms with E-state index in [1.807, 2.05) is 0 Å². The van der Waals surface area contributed by atoms with Gasteiger partial charge in [-0.2, -0.15) is 13.2 Å². The first kappa shape index (κ1) is 17.3. The molecule has 1 saturated carbocycles. The average molecular weight is 268 g/mol. The van der Waals surface area contributed by atoms with Crippen LogP contribution in [0.15, 0.2) is 0 Å². The van der Waals surface area contributed by atoms with E-state index in [-0.39, 0.29) is 12.8 Å². The molecule has 0 saturated heterocycles. The molecule has 0 spiro atoms. The maximum Gasteiger partial charge on any atom is 0.404 e. The van der Waals surface area contributed by atoms with Crippen LogP contribution in [0.5, 0.6) is 0 Å². The number of hydrogen-bond acceptors (Lipinski definition) is 2. The number of ether oxygens (including phenoxy) is 1. The van der Waals surface area contributed by atoms with E-state index in [0.717, 1.165) is 19.4 Å². The molecule has 1 rings (SSSR count). The predicted molar refractivity (Wildman–Crippen MR) is 64.1 cm³/mol. The fraction of sp³-hybridized carbons (Fsp3) is 0.923. The van der Waals surface area contributed by atoms with Crippen molar-refractivity contribution in [1.29, 1.82) is 0 Å². The maximum atomic E-state index is 12.7. The summed E-state index contributed by atoms with van der Waals surface area (Å²) in [6, 6.07) is 0. The third kappa shape index (κ3) is 4.50. The molecule has 0 aromatic carbocycles. The molecule has 0 N–H and O–H groups in total. The summed E-state index contributed by atoms with van der Waals surface area (Å²) in [6.07, 6.45) is -3.12. The average Bonchev–Trinajstić information content (AvgIpc) is 2.26. The van der Waals surface area contributed by atoms with Gasteiger partial charge in [0.2, 0.25) is 0 Å². The van der Waals surface area contributed by atoms with Crippen molar-refractivity contribution in [2.24, 2.45) is 11.3 Å². The Morgan fingerprint density at radius 2 is 1.50 bits per heavy atom. The van der Waals surface area contributed by atoms with Gasteiger partial charge in [-0.05, 0) is 18.8 Å². The number of carbonyl (C=O) groups excluding carboxylic acids is 1. The van der Waals surface area contributed by atoms with Gasteiger partial charge in [-0.25, -0.2) is 0 Å². The lowest BCUT2D eigenvalue weighted by Crippen LogP contribution is -2.47. The SMILES string of the molecule is CC(C)C.COC(=O)C1(C(F)(F)F)CCCCC1. The summed E-state index contributed by atoms with van der Waals surface area (Å²) in [7, 11) is 1.00. The Morgan fingerprint density at radius 1 is 1.11 bits per heavy atom. The van der Waals surface area contributed by atoms with Gasteiger partial charge >= 0.3 is 12.1 Å². The van der Waals surface area contributed by atoms with Crippen LogP contribution in [0, 0.1) is 11.3 Å². The summed E-state index contributed by atoms with van der Waals surface area (Å²) in [5.74, 6) is -0.301. The molecule has 0 radical (unpaired) electrons. The second kappa shape index (κ2) is 7.00. The summed E-state index contributed by atoms with van der Waals surface area (Å²) < 4.78 is 42.5. The lowest BCUT2D eigenvalue weighted by atomic mass is 9.73. The fourth-order valence-corrected chi connectivity index (χ4v) is 1.95. The van der Waals surface area contributed by atoms with Crippen molar-refractivity contribution in [2.45, 2.75) is 59.1 Å². The lowest BCUT2D eigenvalue weighted by molar-refractivity contribution is -0.241. The van der Waals surface area contributed by atoms with E-state index in [1.165, 1.54) is 0 Å². The summed E-state index contributed by atoms with van der Waals surface area (Å²) in [6.45, 7) is 6.50. The molecule has 0 bridgehead atoms. The Hall–Kier alpha value is -0.740. The minimum atomic E-state index is -4.49. The van der Waals surface area contributed by atoms with Crippen LogP contribution >= 0.6 is 0 Å². The molecule has 18 heavy (non-hydrogen) atoms. The molecule has 0 aliphatic heterocycles. The molecule has 0 unspecified atom stereocenters. The molecule has 0 aromatic rings. The van der Waals surface area contributed by atoms with E-state index in [1.54, 1.807) is 0 Å². The Kier molecular flexibility index (Phi) is 6.71. The van der Waals surface area contributed by atoms with Crippen molar-refractivity contribution in [3.05, 3.63) is 0 Å². The molecule has 1 aliphatic carbocycles. The zero-order chi connectivity index (χ0) is 14.4. The standard InChI is InChI=1S/C9H13F3O2.C4H10/c1-14-7(13)8(9(10,11)12)5-3-2-4-6-8;1-4(2)3/h2-6H2,1H3;4H,1-3H3. The molecule has 108 valence electrons. The summed E-state index contributed by atoms with van der Waals surface area (Å²) in [5, 5.41) is 0. The first-order valence-electron chi connectivity index (χ1n) is 6.32. The topological polar surface area (TPSA) is 26.3 Å². The van der Waals surface area contributed by atoms with Gasteiger partial charge < -0.3 is 4.74 Å². The summed E-state index contributed by atoms with van der Waals surface area (Å²) in [4.78, 5) is 11.2. The van der Waals surface area contributed by atoms with Gasteiger partial charge in [-0.1, -0.05) is 40.0 Å².